The number of nitrogens with zero attached hydrogens (tertiary/aromatic N) is 2. The van der Waals surface area contributed by atoms with Gasteiger partial charge in [0.15, 0.2) is 5.82 Å². The molecule has 1 aliphatic carbocycles. The van der Waals surface area contributed by atoms with Crippen molar-refractivity contribution in [1.29, 1.82) is 0 Å². The summed E-state index contributed by atoms with van der Waals surface area (Å²) in [6.07, 6.45) is 5.77. The minimum atomic E-state index is -0.444. The van der Waals surface area contributed by atoms with E-state index in [1.54, 1.807) is 6.20 Å². The fourth-order valence-corrected chi connectivity index (χ4v) is 1.77. The maximum atomic E-state index is 13.3. The zero-order valence-electron chi connectivity index (χ0n) is 9.84. The summed E-state index contributed by atoms with van der Waals surface area (Å²) in [6.45, 7) is 0.284. The SMILES string of the molecule is Fc1cccnc1OCc1ccc(C2CC2)nc1. The molecule has 0 unspecified atom stereocenters. The van der Waals surface area contributed by atoms with Crippen molar-refractivity contribution in [2.75, 3.05) is 0 Å². The zero-order valence-corrected chi connectivity index (χ0v) is 9.84. The molecule has 0 radical (unpaired) electrons. The molecule has 2 heterocycles. The van der Waals surface area contributed by atoms with Crippen LogP contribution in [0.3, 0.4) is 0 Å². The van der Waals surface area contributed by atoms with Gasteiger partial charge in [0, 0.05) is 29.6 Å². The number of rotatable bonds is 4. The van der Waals surface area contributed by atoms with Gasteiger partial charge in [-0.1, -0.05) is 6.07 Å². The fourth-order valence-electron chi connectivity index (χ4n) is 1.77. The molecule has 0 saturated heterocycles. The van der Waals surface area contributed by atoms with Crippen LogP contribution < -0.4 is 4.74 Å². The van der Waals surface area contributed by atoms with Crippen molar-refractivity contribution < 1.29 is 9.13 Å². The van der Waals surface area contributed by atoms with Gasteiger partial charge in [-0.05, 0) is 31.0 Å². The molecule has 18 heavy (non-hydrogen) atoms. The highest BCUT2D eigenvalue weighted by atomic mass is 19.1. The van der Waals surface area contributed by atoms with E-state index in [9.17, 15) is 4.39 Å². The van der Waals surface area contributed by atoms with Crippen molar-refractivity contribution in [2.24, 2.45) is 0 Å². The van der Waals surface area contributed by atoms with Gasteiger partial charge < -0.3 is 4.74 Å². The zero-order chi connectivity index (χ0) is 12.4. The molecule has 0 spiro atoms. The molecule has 1 aliphatic rings. The summed E-state index contributed by atoms with van der Waals surface area (Å²) in [6, 6.07) is 6.86. The van der Waals surface area contributed by atoms with Crippen molar-refractivity contribution in [2.45, 2.75) is 25.4 Å². The first-order chi connectivity index (χ1) is 8.83. The Morgan fingerprint density at radius 3 is 2.78 bits per heavy atom. The standard InChI is InChI=1S/C14H13FN2O/c15-12-2-1-7-16-14(12)18-9-10-3-6-13(17-8-10)11-4-5-11/h1-3,6-8,11H,4-5,9H2. The second kappa shape index (κ2) is 4.72. The molecule has 2 aromatic heterocycles. The largest absolute Gasteiger partial charge is 0.471 e. The molecule has 1 saturated carbocycles. The van der Waals surface area contributed by atoms with E-state index in [-0.39, 0.29) is 12.5 Å². The maximum absolute atomic E-state index is 13.3. The Bertz CT molecular complexity index is 538. The Balaban J connectivity index is 1.64. The predicted octanol–water partition coefficient (Wildman–Crippen LogP) is 3.07. The van der Waals surface area contributed by atoms with Crippen molar-refractivity contribution in [1.82, 2.24) is 9.97 Å². The predicted molar refractivity (Wildman–Crippen MR) is 64.7 cm³/mol. The smallest absolute Gasteiger partial charge is 0.250 e. The van der Waals surface area contributed by atoms with Gasteiger partial charge in [0.1, 0.15) is 6.61 Å². The molecule has 0 amide bonds. The molecule has 4 heteroatoms. The molecular weight excluding hydrogens is 231 g/mol. The summed E-state index contributed by atoms with van der Waals surface area (Å²) in [4.78, 5) is 8.21. The lowest BCUT2D eigenvalue weighted by Gasteiger charge is -2.06. The molecule has 0 N–H and O–H groups in total. The van der Waals surface area contributed by atoms with Crippen molar-refractivity contribution in [3.05, 3.63) is 53.7 Å². The van der Waals surface area contributed by atoms with Crippen LogP contribution in [0.5, 0.6) is 5.88 Å². The molecule has 92 valence electrons. The van der Waals surface area contributed by atoms with Crippen LogP contribution in [0.1, 0.15) is 30.0 Å². The molecule has 0 atom stereocenters. The summed E-state index contributed by atoms with van der Waals surface area (Å²) in [5, 5.41) is 0. The van der Waals surface area contributed by atoms with E-state index >= 15 is 0 Å². The maximum Gasteiger partial charge on any atom is 0.250 e. The van der Waals surface area contributed by atoms with E-state index in [0.717, 1.165) is 11.3 Å². The topological polar surface area (TPSA) is 35.0 Å². The van der Waals surface area contributed by atoms with E-state index in [1.165, 1.54) is 31.2 Å². The van der Waals surface area contributed by atoms with E-state index in [1.807, 2.05) is 12.1 Å². The molecule has 0 aromatic carbocycles. The third kappa shape index (κ3) is 2.47. The average Bonchev–Trinajstić information content (AvgIpc) is 3.23. The Hall–Kier alpha value is -1.97. The Morgan fingerprint density at radius 1 is 1.22 bits per heavy atom. The first-order valence-corrected chi connectivity index (χ1v) is 6.01. The first-order valence-electron chi connectivity index (χ1n) is 6.01. The third-order valence-electron chi connectivity index (χ3n) is 2.94. The number of hydrogen-bond acceptors (Lipinski definition) is 3. The lowest BCUT2D eigenvalue weighted by atomic mass is 10.2. The van der Waals surface area contributed by atoms with Gasteiger partial charge in [-0.2, -0.15) is 0 Å². The van der Waals surface area contributed by atoms with Crippen LogP contribution >= 0.6 is 0 Å². The second-order valence-electron chi connectivity index (χ2n) is 4.44. The van der Waals surface area contributed by atoms with Crippen molar-refractivity contribution in [3.8, 4) is 5.88 Å². The van der Waals surface area contributed by atoms with Crippen molar-refractivity contribution in [3.63, 3.8) is 0 Å². The number of ether oxygens (including phenoxy) is 1. The molecule has 1 fully saturated rings. The van der Waals surface area contributed by atoms with Gasteiger partial charge in [0.2, 0.25) is 0 Å². The van der Waals surface area contributed by atoms with Gasteiger partial charge in [0.05, 0.1) is 0 Å². The minimum absolute atomic E-state index is 0.0313. The van der Waals surface area contributed by atoms with Gasteiger partial charge >= 0.3 is 0 Å². The summed E-state index contributed by atoms with van der Waals surface area (Å²) < 4.78 is 18.6. The van der Waals surface area contributed by atoms with Crippen molar-refractivity contribution >= 4 is 0 Å². The Kier molecular flexibility index (Phi) is 2.92. The van der Waals surface area contributed by atoms with E-state index < -0.39 is 5.82 Å². The van der Waals surface area contributed by atoms with Crippen LogP contribution in [0, 0.1) is 5.82 Å². The van der Waals surface area contributed by atoms with Crippen LogP contribution in [0.25, 0.3) is 0 Å². The average molecular weight is 244 g/mol. The highest BCUT2D eigenvalue weighted by molar-refractivity contribution is 5.20. The summed E-state index contributed by atoms with van der Waals surface area (Å²) in [7, 11) is 0. The highest BCUT2D eigenvalue weighted by Crippen LogP contribution is 2.38. The normalized spacial score (nSPS) is 14.5. The second-order valence-corrected chi connectivity index (χ2v) is 4.44. The van der Waals surface area contributed by atoms with Gasteiger partial charge in [-0.25, -0.2) is 9.37 Å². The lowest BCUT2D eigenvalue weighted by molar-refractivity contribution is 0.277. The van der Waals surface area contributed by atoms with Crippen LogP contribution in [-0.4, -0.2) is 9.97 Å². The van der Waals surface area contributed by atoms with E-state index in [4.69, 9.17) is 4.74 Å². The highest BCUT2D eigenvalue weighted by Gasteiger charge is 2.24. The molecule has 2 aromatic rings. The van der Waals surface area contributed by atoms with Gasteiger partial charge in [0.25, 0.3) is 5.88 Å². The number of halogens is 1. The Labute approximate surface area is 105 Å². The third-order valence-corrected chi connectivity index (χ3v) is 2.94. The van der Waals surface area contributed by atoms with Crippen LogP contribution in [0.2, 0.25) is 0 Å². The number of pyridine rings is 2. The molecular formula is C14H13FN2O. The van der Waals surface area contributed by atoms with Crippen LogP contribution in [0.4, 0.5) is 4.39 Å². The summed E-state index contributed by atoms with van der Waals surface area (Å²) in [5.74, 6) is 0.233. The van der Waals surface area contributed by atoms with E-state index in [2.05, 4.69) is 9.97 Å². The monoisotopic (exact) mass is 244 g/mol. The molecule has 3 nitrogen and oxygen atoms in total. The molecule has 0 aliphatic heterocycles. The van der Waals surface area contributed by atoms with Crippen LogP contribution in [0.15, 0.2) is 36.7 Å². The lowest BCUT2D eigenvalue weighted by Crippen LogP contribution is -2.00. The number of aromatic nitrogens is 2. The van der Waals surface area contributed by atoms with Gasteiger partial charge in [-0.3, -0.25) is 4.98 Å². The molecule has 3 rings (SSSR count). The molecule has 0 bridgehead atoms. The van der Waals surface area contributed by atoms with E-state index in [0.29, 0.717) is 5.92 Å². The first kappa shape index (κ1) is 11.1. The summed E-state index contributed by atoms with van der Waals surface area (Å²) >= 11 is 0. The number of hydrogen-bond donors (Lipinski definition) is 0. The fraction of sp³-hybridized carbons (Fsp3) is 0.286. The summed E-state index contributed by atoms with van der Waals surface area (Å²) in [5.41, 5.74) is 2.06. The Morgan fingerprint density at radius 2 is 2.11 bits per heavy atom. The quantitative estimate of drug-likeness (QED) is 0.829. The van der Waals surface area contributed by atoms with Crippen LogP contribution in [-0.2, 0) is 6.61 Å². The van der Waals surface area contributed by atoms with Gasteiger partial charge in [-0.15, -0.1) is 0 Å². The minimum Gasteiger partial charge on any atom is -0.471 e.